The summed E-state index contributed by atoms with van der Waals surface area (Å²) in [6.45, 7) is 1.39. The second kappa shape index (κ2) is 5.54. The average molecular weight is 247 g/mol. The normalized spacial score (nSPS) is 13.1. The molecular weight excluding hydrogens is 236 g/mol. The molecule has 0 spiro atoms. The van der Waals surface area contributed by atoms with Crippen LogP contribution in [0.15, 0.2) is 40.5 Å². The van der Waals surface area contributed by atoms with Gasteiger partial charge in [-0.25, -0.2) is 10.3 Å². The minimum atomic E-state index is -0.306. The lowest BCUT2D eigenvalue weighted by molar-refractivity contribution is -0.131. The van der Waals surface area contributed by atoms with Gasteiger partial charge >= 0.3 is 5.97 Å². The first-order chi connectivity index (χ1) is 8.24. The summed E-state index contributed by atoms with van der Waals surface area (Å²) in [5.74, 6) is 1.08. The Bertz CT molecular complexity index is 466. The Morgan fingerprint density at radius 3 is 2.71 bits per heavy atom. The van der Waals surface area contributed by atoms with Crippen molar-refractivity contribution in [3.63, 3.8) is 0 Å². The minimum Gasteiger partial charge on any atom is -0.427 e. The highest BCUT2D eigenvalue weighted by atomic mass is 32.2. The summed E-state index contributed by atoms with van der Waals surface area (Å²) in [4.78, 5) is 14.6. The summed E-state index contributed by atoms with van der Waals surface area (Å²) in [7, 11) is 0. The largest absolute Gasteiger partial charge is 0.427 e. The summed E-state index contributed by atoms with van der Waals surface area (Å²) in [6, 6.07) is 7.44. The number of carbonyl (C=O) groups is 1. The highest BCUT2D eigenvalue weighted by Gasteiger charge is 2.03. The molecule has 2 rings (SSSR count). The second-order valence-electron chi connectivity index (χ2n) is 3.39. The molecule has 1 radical (unpaired) electrons. The van der Waals surface area contributed by atoms with E-state index in [1.807, 2.05) is 12.1 Å². The number of hydrogen-bond acceptors (Lipinski definition) is 4. The molecule has 0 atom stereocenters. The highest BCUT2D eigenvalue weighted by Crippen LogP contribution is 2.22. The van der Waals surface area contributed by atoms with Gasteiger partial charge in [0.15, 0.2) is 0 Å². The molecule has 1 heterocycles. The predicted octanol–water partition coefficient (Wildman–Crippen LogP) is 2.29. The van der Waals surface area contributed by atoms with Gasteiger partial charge in [-0.05, 0) is 17.7 Å². The molecular formula is C12H11N2O2S. The van der Waals surface area contributed by atoms with E-state index in [0.29, 0.717) is 5.75 Å². The number of thioether (sulfide) groups is 1. The van der Waals surface area contributed by atoms with Crippen LogP contribution >= 0.6 is 11.8 Å². The van der Waals surface area contributed by atoms with E-state index in [4.69, 9.17) is 4.74 Å². The smallest absolute Gasteiger partial charge is 0.308 e. The van der Waals surface area contributed by atoms with E-state index in [9.17, 15) is 4.79 Å². The maximum atomic E-state index is 10.7. The Kier molecular flexibility index (Phi) is 3.82. The summed E-state index contributed by atoms with van der Waals surface area (Å²) in [6.07, 6.45) is 3.27. The van der Waals surface area contributed by atoms with Crippen molar-refractivity contribution in [3.8, 4) is 5.75 Å². The summed E-state index contributed by atoms with van der Waals surface area (Å²) < 4.78 is 4.95. The van der Waals surface area contributed by atoms with Gasteiger partial charge in [0.25, 0.3) is 0 Å². The van der Waals surface area contributed by atoms with E-state index in [-0.39, 0.29) is 5.97 Å². The Balaban J connectivity index is 1.87. The van der Waals surface area contributed by atoms with Gasteiger partial charge in [0.2, 0.25) is 0 Å². The van der Waals surface area contributed by atoms with Crippen LogP contribution in [0.3, 0.4) is 0 Å². The molecule has 17 heavy (non-hydrogen) atoms. The van der Waals surface area contributed by atoms with Crippen molar-refractivity contribution in [2.45, 2.75) is 12.7 Å². The molecule has 1 aliphatic heterocycles. The molecule has 0 unspecified atom stereocenters. The van der Waals surface area contributed by atoms with Gasteiger partial charge < -0.3 is 4.74 Å². The van der Waals surface area contributed by atoms with Crippen LogP contribution in [-0.2, 0) is 10.5 Å². The fourth-order valence-electron chi connectivity index (χ4n) is 1.27. The Morgan fingerprint density at radius 1 is 1.35 bits per heavy atom. The van der Waals surface area contributed by atoms with Crippen LogP contribution in [0.2, 0.25) is 0 Å². The number of rotatable bonds is 4. The topological polar surface area (TPSA) is 52.8 Å². The number of esters is 1. The molecule has 1 aliphatic rings. The third-order valence-electron chi connectivity index (χ3n) is 2.01. The number of nitrogens with zero attached hydrogens (tertiary/aromatic N) is 2. The zero-order chi connectivity index (χ0) is 12.1. The van der Waals surface area contributed by atoms with Crippen LogP contribution in [0, 0.1) is 0 Å². The summed E-state index contributed by atoms with van der Waals surface area (Å²) >= 11 is 1.62. The van der Waals surface area contributed by atoms with E-state index in [1.165, 1.54) is 13.3 Å². The number of carbonyl (C=O) groups excluding carboxylic acids is 1. The van der Waals surface area contributed by atoms with E-state index >= 15 is 0 Å². The molecule has 0 aliphatic carbocycles. The van der Waals surface area contributed by atoms with Gasteiger partial charge in [0, 0.05) is 12.7 Å². The number of aliphatic imine (C=N–C) groups is 1. The third-order valence-corrected chi connectivity index (χ3v) is 2.99. The van der Waals surface area contributed by atoms with E-state index in [2.05, 4.69) is 10.3 Å². The van der Waals surface area contributed by atoms with Crippen LogP contribution in [0.4, 0.5) is 0 Å². The molecule has 0 aromatic heterocycles. The molecule has 0 N–H and O–H groups in total. The van der Waals surface area contributed by atoms with E-state index in [0.717, 1.165) is 16.3 Å². The lowest BCUT2D eigenvalue weighted by Crippen LogP contribution is -2.01. The molecule has 4 nitrogen and oxygen atoms in total. The zero-order valence-electron chi connectivity index (χ0n) is 9.29. The molecule has 0 saturated carbocycles. The Hall–Kier alpha value is -1.75. The molecule has 5 heteroatoms. The monoisotopic (exact) mass is 247 g/mol. The molecule has 0 saturated heterocycles. The standard InChI is InChI=1S/C12H11N2O2S/c1-9(15)16-11-4-2-10(3-5-11)7-17-12-6-13-8-14-12/h2-6,8H,7H2,1H3. The fraction of sp³-hybridized carbons (Fsp3) is 0.167. The van der Waals surface area contributed by atoms with Crippen LogP contribution in [0.1, 0.15) is 12.5 Å². The van der Waals surface area contributed by atoms with Crippen LogP contribution in [-0.4, -0.2) is 12.3 Å². The van der Waals surface area contributed by atoms with Crippen LogP contribution in [0.25, 0.3) is 0 Å². The lowest BCUT2D eigenvalue weighted by Gasteiger charge is -2.03. The average Bonchev–Trinajstić information content (AvgIpc) is 2.80. The molecule has 0 bridgehead atoms. The number of hydrogen-bond donors (Lipinski definition) is 0. The van der Waals surface area contributed by atoms with Gasteiger partial charge in [-0.3, -0.25) is 4.79 Å². The fourth-order valence-corrected chi connectivity index (χ4v) is 2.04. The Labute approximate surface area is 104 Å². The molecule has 0 fully saturated rings. The quantitative estimate of drug-likeness (QED) is 0.606. The maximum absolute atomic E-state index is 10.7. The Morgan fingerprint density at radius 2 is 2.12 bits per heavy atom. The van der Waals surface area contributed by atoms with E-state index < -0.39 is 0 Å². The van der Waals surface area contributed by atoms with Crippen molar-refractivity contribution in [3.05, 3.63) is 41.1 Å². The first-order valence-electron chi connectivity index (χ1n) is 5.07. The lowest BCUT2D eigenvalue weighted by atomic mass is 10.2. The second-order valence-corrected chi connectivity index (χ2v) is 4.38. The molecule has 1 aromatic carbocycles. The van der Waals surface area contributed by atoms with Gasteiger partial charge in [-0.15, -0.1) is 11.8 Å². The van der Waals surface area contributed by atoms with Crippen molar-refractivity contribution in [2.75, 3.05) is 0 Å². The van der Waals surface area contributed by atoms with Crippen LogP contribution in [0.5, 0.6) is 5.75 Å². The number of ether oxygens (including phenoxy) is 1. The maximum Gasteiger partial charge on any atom is 0.308 e. The van der Waals surface area contributed by atoms with Gasteiger partial charge in [0.05, 0.1) is 6.20 Å². The third kappa shape index (κ3) is 3.64. The highest BCUT2D eigenvalue weighted by molar-refractivity contribution is 8.02. The molecule has 87 valence electrons. The van der Waals surface area contributed by atoms with E-state index in [1.54, 1.807) is 30.1 Å². The van der Waals surface area contributed by atoms with Crippen molar-refractivity contribution in [2.24, 2.45) is 4.99 Å². The van der Waals surface area contributed by atoms with Crippen molar-refractivity contribution < 1.29 is 9.53 Å². The van der Waals surface area contributed by atoms with Crippen molar-refractivity contribution in [1.29, 1.82) is 0 Å². The van der Waals surface area contributed by atoms with Crippen molar-refractivity contribution >= 4 is 24.1 Å². The predicted molar refractivity (Wildman–Crippen MR) is 67.8 cm³/mol. The molecule has 0 amide bonds. The first-order valence-corrected chi connectivity index (χ1v) is 6.05. The number of benzene rings is 1. The first kappa shape index (κ1) is 11.7. The SMILES string of the molecule is CC(=O)Oc1ccc(CSC2=CN=C[N]2)cc1. The minimum absolute atomic E-state index is 0.306. The van der Waals surface area contributed by atoms with Gasteiger partial charge in [0.1, 0.15) is 17.1 Å². The summed E-state index contributed by atoms with van der Waals surface area (Å²) in [5.41, 5.74) is 1.15. The summed E-state index contributed by atoms with van der Waals surface area (Å²) in [5, 5.41) is 4.98. The van der Waals surface area contributed by atoms with Gasteiger partial charge in [-0.1, -0.05) is 12.1 Å². The zero-order valence-corrected chi connectivity index (χ0v) is 10.1. The van der Waals surface area contributed by atoms with Gasteiger partial charge in [-0.2, -0.15) is 0 Å². The molecule has 1 aromatic rings. The van der Waals surface area contributed by atoms with Crippen LogP contribution < -0.4 is 10.1 Å². The van der Waals surface area contributed by atoms with Crippen molar-refractivity contribution in [1.82, 2.24) is 5.32 Å².